The topological polar surface area (TPSA) is 75.6 Å². The highest BCUT2D eigenvalue weighted by Crippen LogP contribution is 2.15. The molecule has 0 aliphatic heterocycles. The highest BCUT2D eigenvalue weighted by atomic mass is 19.3. The van der Waals surface area contributed by atoms with Gasteiger partial charge in [-0.2, -0.15) is 8.78 Å². The summed E-state index contributed by atoms with van der Waals surface area (Å²) in [4.78, 5) is 22.1. The molecule has 0 fully saturated rings. The lowest BCUT2D eigenvalue weighted by atomic mass is 10.1. The van der Waals surface area contributed by atoms with E-state index >= 15 is 0 Å². The van der Waals surface area contributed by atoms with Crippen molar-refractivity contribution in [2.75, 3.05) is 0 Å². The first-order valence-electron chi connectivity index (χ1n) is 6.41. The standard InChI is InChI=1S/C14H17F2NO4/c1-9(2-7-13(19)20)17-12(18)8-10-3-5-11(6-4-10)21-14(15)16/h3-6,9,14H,2,7-8H2,1H3,(H,17,18)(H,19,20). The lowest BCUT2D eigenvalue weighted by molar-refractivity contribution is -0.137. The van der Waals surface area contributed by atoms with E-state index in [0.29, 0.717) is 12.0 Å². The molecular formula is C14H17F2NO4. The highest BCUT2D eigenvalue weighted by Gasteiger charge is 2.10. The molecule has 116 valence electrons. The molecule has 0 radical (unpaired) electrons. The summed E-state index contributed by atoms with van der Waals surface area (Å²) in [6.45, 7) is -1.16. The molecule has 1 rings (SSSR count). The third kappa shape index (κ3) is 7.24. The second kappa shape index (κ2) is 8.18. The number of aliphatic carboxylic acids is 1. The Hall–Kier alpha value is -2.18. The molecule has 0 saturated carbocycles. The first kappa shape index (κ1) is 16.9. The second-order valence-electron chi connectivity index (χ2n) is 4.60. The van der Waals surface area contributed by atoms with Crippen LogP contribution in [0.2, 0.25) is 0 Å². The van der Waals surface area contributed by atoms with Gasteiger partial charge < -0.3 is 15.2 Å². The summed E-state index contributed by atoms with van der Waals surface area (Å²) in [6, 6.07) is 5.54. The summed E-state index contributed by atoms with van der Waals surface area (Å²) in [6.07, 6.45) is 0.426. The van der Waals surface area contributed by atoms with Crippen LogP contribution < -0.4 is 10.1 Å². The van der Waals surface area contributed by atoms with E-state index in [1.807, 2.05) is 0 Å². The van der Waals surface area contributed by atoms with Crippen molar-refractivity contribution in [2.45, 2.75) is 38.8 Å². The minimum atomic E-state index is -2.88. The molecule has 2 N–H and O–H groups in total. The zero-order valence-corrected chi connectivity index (χ0v) is 11.5. The van der Waals surface area contributed by atoms with Gasteiger partial charge in [-0.05, 0) is 31.0 Å². The van der Waals surface area contributed by atoms with Crippen molar-refractivity contribution in [3.05, 3.63) is 29.8 Å². The van der Waals surface area contributed by atoms with Gasteiger partial charge in [0.1, 0.15) is 5.75 Å². The van der Waals surface area contributed by atoms with Gasteiger partial charge in [0.15, 0.2) is 0 Å². The summed E-state index contributed by atoms with van der Waals surface area (Å²) in [5.74, 6) is -1.13. The summed E-state index contributed by atoms with van der Waals surface area (Å²) >= 11 is 0. The Morgan fingerprint density at radius 2 is 1.90 bits per heavy atom. The van der Waals surface area contributed by atoms with E-state index in [1.165, 1.54) is 24.3 Å². The average molecular weight is 301 g/mol. The minimum Gasteiger partial charge on any atom is -0.481 e. The second-order valence-corrected chi connectivity index (χ2v) is 4.60. The van der Waals surface area contributed by atoms with Crippen molar-refractivity contribution < 1.29 is 28.2 Å². The molecule has 1 aromatic carbocycles. The number of halogens is 2. The smallest absolute Gasteiger partial charge is 0.387 e. The van der Waals surface area contributed by atoms with Crippen LogP contribution in [-0.2, 0) is 16.0 Å². The van der Waals surface area contributed by atoms with Crippen molar-refractivity contribution >= 4 is 11.9 Å². The fourth-order valence-corrected chi connectivity index (χ4v) is 1.71. The average Bonchev–Trinajstić information content (AvgIpc) is 2.38. The van der Waals surface area contributed by atoms with Gasteiger partial charge in [0, 0.05) is 12.5 Å². The van der Waals surface area contributed by atoms with Crippen LogP contribution in [0.3, 0.4) is 0 Å². The SMILES string of the molecule is CC(CCC(=O)O)NC(=O)Cc1ccc(OC(F)F)cc1. The van der Waals surface area contributed by atoms with Crippen LogP contribution in [-0.4, -0.2) is 29.6 Å². The molecule has 0 spiro atoms. The van der Waals surface area contributed by atoms with Crippen LogP contribution in [0.25, 0.3) is 0 Å². The maximum atomic E-state index is 12.0. The number of ether oxygens (including phenoxy) is 1. The Balaban J connectivity index is 2.42. The Bertz CT molecular complexity index is 476. The lowest BCUT2D eigenvalue weighted by Gasteiger charge is -2.13. The number of carboxylic acids is 1. The molecule has 1 amide bonds. The van der Waals surface area contributed by atoms with Gasteiger partial charge >= 0.3 is 12.6 Å². The van der Waals surface area contributed by atoms with E-state index in [0.717, 1.165) is 0 Å². The summed E-state index contributed by atoms with van der Waals surface area (Å²) in [5, 5.41) is 11.2. The van der Waals surface area contributed by atoms with E-state index in [2.05, 4.69) is 10.1 Å². The number of hydrogen-bond donors (Lipinski definition) is 2. The van der Waals surface area contributed by atoms with Crippen molar-refractivity contribution in [1.82, 2.24) is 5.32 Å². The maximum absolute atomic E-state index is 12.0. The minimum absolute atomic E-state index is 0.0128. The molecule has 1 unspecified atom stereocenters. The van der Waals surface area contributed by atoms with E-state index < -0.39 is 12.6 Å². The van der Waals surface area contributed by atoms with Gasteiger partial charge in [-0.25, -0.2) is 0 Å². The largest absolute Gasteiger partial charge is 0.481 e. The fourth-order valence-electron chi connectivity index (χ4n) is 1.71. The number of alkyl halides is 2. The highest BCUT2D eigenvalue weighted by molar-refractivity contribution is 5.79. The van der Waals surface area contributed by atoms with Crippen LogP contribution in [0.1, 0.15) is 25.3 Å². The molecular weight excluding hydrogens is 284 g/mol. The number of benzene rings is 1. The maximum Gasteiger partial charge on any atom is 0.387 e. The molecule has 0 bridgehead atoms. The Morgan fingerprint density at radius 1 is 1.29 bits per heavy atom. The lowest BCUT2D eigenvalue weighted by Crippen LogP contribution is -2.34. The molecule has 0 aliphatic rings. The van der Waals surface area contributed by atoms with Gasteiger partial charge in [0.05, 0.1) is 6.42 Å². The van der Waals surface area contributed by atoms with Crippen molar-refractivity contribution in [1.29, 1.82) is 0 Å². The van der Waals surface area contributed by atoms with Gasteiger partial charge in [-0.15, -0.1) is 0 Å². The third-order valence-corrected chi connectivity index (χ3v) is 2.71. The summed E-state index contributed by atoms with van der Waals surface area (Å²) in [7, 11) is 0. The number of amides is 1. The van der Waals surface area contributed by atoms with Crippen LogP contribution in [0.15, 0.2) is 24.3 Å². The van der Waals surface area contributed by atoms with Gasteiger partial charge in [0.2, 0.25) is 5.91 Å². The quantitative estimate of drug-likeness (QED) is 0.772. The predicted molar refractivity (Wildman–Crippen MR) is 71.3 cm³/mol. The van der Waals surface area contributed by atoms with E-state index in [1.54, 1.807) is 6.92 Å². The molecule has 0 heterocycles. The van der Waals surface area contributed by atoms with Crippen LogP contribution in [0.5, 0.6) is 5.75 Å². The molecule has 0 aliphatic carbocycles. The zero-order valence-electron chi connectivity index (χ0n) is 11.5. The zero-order chi connectivity index (χ0) is 15.8. The Morgan fingerprint density at radius 3 is 2.43 bits per heavy atom. The predicted octanol–water partition coefficient (Wildman–Crippen LogP) is 2.20. The summed E-state index contributed by atoms with van der Waals surface area (Å²) in [5.41, 5.74) is 0.652. The molecule has 1 aromatic rings. The van der Waals surface area contributed by atoms with Crippen LogP contribution in [0.4, 0.5) is 8.78 Å². The number of rotatable bonds is 8. The molecule has 0 aromatic heterocycles. The van der Waals surface area contributed by atoms with Gasteiger partial charge in [0.25, 0.3) is 0 Å². The van der Waals surface area contributed by atoms with Crippen LogP contribution in [0, 0.1) is 0 Å². The Kier molecular flexibility index (Phi) is 6.58. The molecule has 5 nitrogen and oxygen atoms in total. The van der Waals surface area contributed by atoms with Gasteiger partial charge in [-0.3, -0.25) is 9.59 Å². The molecule has 0 saturated heterocycles. The van der Waals surface area contributed by atoms with Crippen molar-refractivity contribution in [3.63, 3.8) is 0 Å². The van der Waals surface area contributed by atoms with Crippen molar-refractivity contribution in [3.8, 4) is 5.75 Å². The number of nitrogens with one attached hydrogen (secondary N) is 1. The van der Waals surface area contributed by atoms with Gasteiger partial charge in [-0.1, -0.05) is 12.1 Å². The summed E-state index contributed by atoms with van der Waals surface area (Å²) < 4.78 is 28.2. The number of carboxylic acid groups (broad SMARTS) is 1. The number of hydrogen-bond acceptors (Lipinski definition) is 3. The fraction of sp³-hybridized carbons (Fsp3) is 0.429. The first-order valence-corrected chi connectivity index (χ1v) is 6.41. The van der Waals surface area contributed by atoms with E-state index in [-0.39, 0.29) is 30.5 Å². The number of carbonyl (C=O) groups excluding carboxylic acids is 1. The normalized spacial score (nSPS) is 12.0. The van der Waals surface area contributed by atoms with E-state index in [9.17, 15) is 18.4 Å². The molecule has 21 heavy (non-hydrogen) atoms. The number of carbonyl (C=O) groups is 2. The van der Waals surface area contributed by atoms with Crippen LogP contribution >= 0.6 is 0 Å². The monoisotopic (exact) mass is 301 g/mol. The molecule has 1 atom stereocenters. The Labute approximate surface area is 120 Å². The first-order chi connectivity index (χ1) is 9.86. The molecule has 7 heteroatoms. The van der Waals surface area contributed by atoms with Crippen molar-refractivity contribution in [2.24, 2.45) is 0 Å². The third-order valence-electron chi connectivity index (χ3n) is 2.71. The van der Waals surface area contributed by atoms with E-state index in [4.69, 9.17) is 5.11 Å².